The molecule has 0 aliphatic heterocycles. The predicted octanol–water partition coefficient (Wildman–Crippen LogP) is 3.29. The van der Waals surface area contributed by atoms with Crippen LogP contribution in [0.3, 0.4) is 0 Å². The van der Waals surface area contributed by atoms with Crippen LogP contribution in [0, 0.1) is 0 Å². The van der Waals surface area contributed by atoms with Crippen molar-refractivity contribution in [2.75, 3.05) is 5.75 Å². The van der Waals surface area contributed by atoms with Crippen LogP contribution in [0.25, 0.3) is 5.52 Å². The predicted molar refractivity (Wildman–Crippen MR) is 105 cm³/mol. The summed E-state index contributed by atoms with van der Waals surface area (Å²) >= 11 is 0. The second kappa shape index (κ2) is 7.21. The van der Waals surface area contributed by atoms with Crippen molar-refractivity contribution >= 4 is 15.5 Å². The summed E-state index contributed by atoms with van der Waals surface area (Å²) in [4.78, 5) is 4.29. The van der Waals surface area contributed by atoms with Gasteiger partial charge >= 0.3 is 0 Å². The van der Waals surface area contributed by atoms with Gasteiger partial charge in [-0.15, -0.1) is 0 Å². The number of rotatable bonds is 6. The molecule has 6 heteroatoms. The quantitative estimate of drug-likeness (QED) is 0.723. The fraction of sp³-hybridized carbons (Fsp3) is 0.350. The number of nitrogens with one attached hydrogen (secondary N) is 1. The molecule has 2 heterocycles. The molecule has 0 bridgehead atoms. The van der Waals surface area contributed by atoms with E-state index in [0.29, 0.717) is 12.2 Å². The van der Waals surface area contributed by atoms with E-state index in [4.69, 9.17) is 0 Å². The van der Waals surface area contributed by atoms with Crippen molar-refractivity contribution in [3.05, 3.63) is 71.8 Å². The van der Waals surface area contributed by atoms with Crippen LogP contribution in [0.5, 0.6) is 0 Å². The maximum Gasteiger partial charge on any atom is 0.212 e. The highest BCUT2D eigenvalue weighted by molar-refractivity contribution is 7.89. The second-order valence-corrected chi connectivity index (χ2v) is 9.43. The van der Waals surface area contributed by atoms with Crippen LogP contribution >= 0.6 is 0 Å². The lowest BCUT2D eigenvalue weighted by molar-refractivity contribution is 0.578. The Bertz CT molecular complexity index is 984. The van der Waals surface area contributed by atoms with Gasteiger partial charge in [-0.05, 0) is 35.1 Å². The van der Waals surface area contributed by atoms with Crippen LogP contribution in [-0.4, -0.2) is 23.6 Å². The highest BCUT2D eigenvalue weighted by Crippen LogP contribution is 2.22. The molecule has 0 fully saturated rings. The Kier molecular flexibility index (Phi) is 5.16. The number of pyridine rings is 1. The summed E-state index contributed by atoms with van der Waals surface area (Å²) in [5.41, 5.74) is 3.31. The number of imidazole rings is 1. The molecule has 0 aliphatic carbocycles. The van der Waals surface area contributed by atoms with Gasteiger partial charge in [0.2, 0.25) is 10.0 Å². The van der Waals surface area contributed by atoms with E-state index < -0.39 is 10.0 Å². The van der Waals surface area contributed by atoms with Crippen molar-refractivity contribution in [1.82, 2.24) is 14.1 Å². The number of hydrogen-bond donors (Lipinski definition) is 1. The molecule has 0 aliphatic rings. The largest absolute Gasteiger partial charge is 0.303 e. The number of aromatic nitrogens is 2. The molecule has 0 spiro atoms. The van der Waals surface area contributed by atoms with Gasteiger partial charge in [-0.25, -0.2) is 18.1 Å². The number of aryl methyl sites for hydroxylation is 1. The van der Waals surface area contributed by atoms with Crippen molar-refractivity contribution in [3.8, 4) is 0 Å². The lowest BCUT2D eigenvalue weighted by Crippen LogP contribution is -2.27. The Balaban J connectivity index is 1.59. The van der Waals surface area contributed by atoms with Crippen molar-refractivity contribution in [2.24, 2.45) is 0 Å². The second-order valence-electron chi connectivity index (χ2n) is 7.51. The van der Waals surface area contributed by atoms with Crippen LogP contribution < -0.4 is 4.72 Å². The molecule has 26 heavy (non-hydrogen) atoms. The number of hydrogen-bond acceptors (Lipinski definition) is 3. The molecule has 0 radical (unpaired) electrons. The SMILES string of the molecule is CC(C)(C)c1ccc(CCS(=O)(=O)NCc2ncc3ccccn23)cc1. The molecule has 2 aromatic heterocycles. The first-order chi connectivity index (χ1) is 12.2. The first-order valence-electron chi connectivity index (χ1n) is 8.72. The normalized spacial score (nSPS) is 12.6. The first-order valence-corrected chi connectivity index (χ1v) is 10.4. The number of nitrogens with zero attached hydrogens (tertiary/aromatic N) is 2. The zero-order valence-electron chi connectivity index (χ0n) is 15.4. The molecule has 3 aromatic rings. The van der Waals surface area contributed by atoms with E-state index in [9.17, 15) is 8.42 Å². The van der Waals surface area contributed by atoms with Crippen molar-refractivity contribution in [3.63, 3.8) is 0 Å². The van der Waals surface area contributed by atoms with E-state index in [1.165, 1.54) is 5.56 Å². The van der Waals surface area contributed by atoms with E-state index in [2.05, 4.69) is 42.6 Å². The minimum atomic E-state index is -3.37. The van der Waals surface area contributed by atoms with Gasteiger partial charge in [-0.2, -0.15) is 0 Å². The van der Waals surface area contributed by atoms with E-state index in [1.807, 2.05) is 40.9 Å². The van der Waals surface area contributed by atoms with Crippen LogP contribution in [-0.2, 0) is 28.4 Å². The zero-order valence-corrected chi connectivity index (χ0v) is 16.3. The molecule has 1 aromatic carbocycles. The topological polar surface area (TPSA) is 63.5 Å². The summed E-state index contributed by atoms with van der Waals surface area (Å²) in [7, 11) is -3.37. The van der Waals surface area contributed by atoms with E-state index in [1.54, 1.807) is 6.20 Å². The Labute approximate surface area is 155 Å². The molecule has 138 valence electrons. The molecule has 1 N–H and O–H groups in total. The Hall–Kier alpha value is -2.18. The molecule has 0 atom stereocenters. The van der Waals surface area contributed by atoms with Gasteiger partial charge < -0.3 is 4.40 Å². The lowest BCUT2D eigenvalue weighted by Gasteiger charge is -2.19. The fourth-order valence-electron chi connectivity index (χ4n) is 2.80. The van der Waals surface area contributed by atoms with E-state index >= 15 is 0 Å². The van der Waals surface area contributed by atoms with Gasteiger partial charge in [0.25, 0.3) is 0 Å². The van der Waals surface area contributed by atoms with Gasteiger partial charge in [0, 0.05) is 6.20 Å². The lowest BCUT2D eigenvalue weighted by atomic mass is 9.86. The highest BCUT2D eigenvalue weighted by Gasteiger charge is 2.15. The highest BCUT2D eigenvalue weighted by atomic mass is 32.2. The monoisotopic (exact) mass is 371 g/mol. The summed E-state index contributed by atoms with van der Waals surface area (Å²) in [6, 6.07) is 13.9. The fourth-order valence-corrected chi connectivity index (χ4v) is 3.80. The average molecular weight is 372 g/mol. The average Bonchev–Trinajstić information content (AvgIpc) is 3.01. The molecule has 0 saturated carbocycles. The Morgan fingerprint density at radius 3 is 2.50 bits per heavy atom. The van der Waals surface area contributed by atoms with Gasteiger partial charge in [0.15, 0.2) is 0 Å². The molecule has 0 amide bonds. The van der Waals surface area contributed by atoms with Gasteiger partial charge in [0.05, 0.1) is 24.0 Å². The number of benzene rings is 1. The zero-order chi connectivity index (χ0) is 18.8. The molecule has 5 nitrogen and oxygen atoms in total. The maximum absolute atomic E-state index is 12.3. The summed E-state index contributed by atoms with van der Waals surface area (Å²) in [5, 5.41) is 0. The third kappa shape index (κ3) is 4.51. The number of sulfonamides is 1. The Morgan fingerprint density at radius 1 is 1.08 bits per heavy atom. The molecule has 3 rings (SSSR count). The minimum absolute atomic E-state index is 0.0607. The van der Waals surface area contributed by atoms with Gasteiger partial charge in [0.1, 0.15) is 5.82 Å². The summed E-state index contributed by atoms with van der Waals surface area (Å²) in [5.74, 6) is 0.740. The minimum Gasteiger partial charge on any atom is -0.303 e. The maximum atomic E-state index is 12.3. The smallest absolute Gasteiger partial charge is 0.212 e. The van der Waals surface area contributed by atoms with Gasteiger partial charge in [-0.3, -0.25) is 0 Å². The molecule has 0 saturated heterocycles. The van der Waals surface area contributed by atoms with E-state index in [-0.39, 0.29) is 17.7 Å². The van der Waals surface area contributed by atoms with Crippen molar-refractivity contribution in [2.45, 2.75) is 39.2 Å². The van der Waals surface area contributed by atoms with E-state index in [0.717, 1.165) is 11.1 Å². The van der Waals surface area contributed by atoms with Gasteiger partial charge in [-0.1, -0.05) is 51.1 Å². The van der Waals surface area contributed by atoms with Crippen LogP contribution in [0.2, 0.25) is 0 Å². The third-order valence-electron chi connectivity index (χ3n) is 4.44. The first kappa shape index (κ1) is 18.6. The Morgan fingerprint density at radius 2 is 1.81 bits per heavy atom. The third-order valence-corrected chi connectivity index (χ3v) is 5.77. The molecule has 0 unspecified atom stereocenters. The van der Waals surface area contributed by atoms with Crippen molar-refractivity contribution in [1.29, 1.82) is 0 Å². The summed E-state index contributed by atoms with van der Waals surface area (Å²) < 4.78 is 29.2. The van der Waals surface area contributed by atoms with Crippen LogP contribution in [0.1, 0.15) is 37.7 Å². The number of fused-ring (bicyclic) bond motifs is 1. The standard InChI is InChI=1S/C20H25N3O2S/c1-20(2,3)17-9-7-16(8-10-17)11-13-26(24,25)22-15-19-21-14-18-6-4-5-12-23(18)19/h4-10,12,14,22H,11,13,15H2,1-3H3. The summed E-state index contributed by atoms with van der Waals surface area (Å²) in [6.45, 7) is 6.67. The van der Waals surface area contributed by atoms with Crippen molar-refractivity contribution < 1.29 is 8.42 Å². The molecular formula is C20H25N3O2S. The molecular weight excluding hydrogens is 346 g/mol. The summed E-state index contributed by atoms with van der Waals surface area (Å²) in [6.07, 6.45) is 4.10. The van der Waals surface area contributed by atoms with Crippen LogP contribution in [0.4, 0.5) is 0 Å². The van der Waals surface area contributed by atoms with Crippen LogP contribution in [0.15, 0.2) is 54.9 Å².